The number of esters is 1. The van der Waals surface area contributed by atoms with Gasteiger partial charge in [0.15, 0.2) is 12.4 Å². The van der Waals surface area contributed by atoms with Crippen LogP contribution in [0, 0.1) is 11.7 Å². The Morgan fingerprint density at radius 2 is 1.90 bits per heavy atom. The van der Waals surface area contributed by atoms with Gasteiger partial charge in [0.25, 0.3) is 5.91 Å². The lowest BCUT2D eigenvalue weighted by Gasteiger charge is -2.16. The Morgan fingerprint density at radius 3 is 2.59 bits per heavy atom. The number of carbonyl (C=O) groups is 4. The van der Waals surface area contributed by atoms with Crippen LogP contribution in [0.25, 0.3) is 0 Å². The molecule has 1 aliphatic rings. The number of carbonyl (C=O) groups excluding carboxylic acids is 4. The first-order valence-corrected chi connectivity index (χ1v) is 8.97. The first-order valence-electron chi connectivity index (χ1n) is 8.97. The molecule has 7 nitrogen and oxygen atoms in total. The minimum absolute atomic E-state index is 0.0432. The number of ether oxygens (including phenoxy) is 1. The van der Waals surface area contributed by atoms with Crippen LogP contribution in [0.1, 0.15) is 23.7 Å². The van der Waals surface area contributed by atoms with Gasteiger partial charge in [-0.05, 0) is 43.3 Å². The maximum Gasteiger partial charge on any atom is 0.311 e. The summed E-state index contributed by atoms with van der Waals surface area (Å²) in [4.78, 5) is 49.2. The Hall–Kier alpha value is -3.55. The molecule has 3 rings (SSSR count). The van der Waals surface area contributed by atoms with Crippen molar-refractivity contribution in [2.75, 3.05) is 23.4 Å². The summed E-state index contributed by atoms with van der Waals surface area (Å²) >= 11 is 0. The van der Waals surface area contributed by atoms with E-state index in [0.29, 0.717) is 16.9 Å². The van der Waals surface area contributed by atoms with E-state index in [2.05, 4.69) is 5.32 Å². The largest absolute Gasteiger partial charge is 0.455 e. The minimum Gasteiger partial charge on any atom is -0.455 e. The molecule has 0 radical (unpaired) electrons. The zero-order chi connectivity index (χ0) is 21.0. The predicted molar refractivity (Wildman–Crippen MR) is 103 cm³/mol. The van der Waals surface area contributed by atoms with Crippen molar-refractivity contribution in [1.29, 1.82) is 0 Å². The smallest absolute Gasteiger partial charge is 0.311 e. The number of hydrogen-bond acceptors (Lipinski definition) is 5. The first kappa shape index (κ1) is 20.2. The van der Waals surface area contributed by atoms with Crippen molar-refractivity contribution < 1.29 is 28.3 Å². The molecule has 1 fully saturated rings. The summed E-state index contributed by atoms with van der Waals surface area (Å²) in [6.07, 6.45) is -0.0432. The molecule has 0 spiro atoms. The van der Waals surface area contributed by atoms with Crippen molar-refractivity contribution in [3.05, 3.63) is 59.9 Å². The molecule has 0 unspecified atom stereocenters. The molecule has 8 heteroatoms. The third-order valence-electron chi connectivity index (χ3n) is 4.50. The molecular formula is C21H19FN2O5. The fourth-order valence-electron chi connectivity index (χ4n) is 3.00. The minimum atomic E-state index is -0.707. The number of Topliss-reactive ketones (excluding diaryl/α,β-unsaturated/α-hetero) is 1. The molecule has 1 atom stereocenters. The van der Waals surface area contributed by atoms with E-state index in [1.807, 2.05) is 0 Å². The zero-order valence-electron chi connectivity index (χ0n) is 15.7. The highest BCUT2D eigenvalue weighted by atomic mass is 19.1. The molecule has 0 aromatic heterocycles. The third kappa shape index (κ3) is 5.04. The summed E-state index contributed by atoms with van der Waals surface area (Å²) < 4.78 is 18.1. The van der Waals surface area contributed by atoms with Gasteiger partial charge in [-0.1, -0.05) is 12.1 Å². The van der Waals surface area contributed by atoms with E-state index in [1.165, 1.54) is 42.2 Å². The lowest BCUT2D eigenvalue weighted by molar-refractivity contribution is -0.151. The topological polar surface area (TPSA) is 92.8 Å². The number of anilines is 2. The molecule has 0 aliphatic carbocycles. The van der Waals surface area contributed by atoms with Crippen molar-refractivity contribution in [1.82, 2.24) is 0 Å². The average molecular weight is 398 g/mol. The van der Waals surface area contributed by atoms with Gasteiger partial charge in [0.05, 0.1) is 5.92 Å². The number of rotatable bonds is 6. The fraction of sp³-hybridized carbons (Fsp3) is 0.238. The second-order valence-electron chi connectivity index (χ2n) is 6.67. The number of nitrogens with zero attached hydrogens (tertiary/aromatic N) is 1. The molecule has 2 aromatic carbocycles. The van der Waals surface area contributed by atoms with Crippen LogP contribution in [0.15, 0.2) is 48.5 Å². The molecular weight excluding hydrogens is 379 g/mol. The zero-order valence-corrected chi connectivity index (χ0v) is 15.7. The van der Waals surface area contributed by atoms with Gasteiger partial charge >= 0.3 is 5.97 Å². The Balaban J connectivity index is 1.52. The van der Waals surface area contributed by atoms with Gasteiger partial charge in [-0.2, -0.15) is 0 Å². The highest BCUT2D eigenvalue weighted by Gasteiger charge is 2.36. The van der Waals surface area contributed by atoms with Crippen LogP contribution in [0.2, 0.25) is 0 Å². The van der Waals surface area contributed by atoms with Gasteiger partial charge in [-0.15, -0.1) is 0 Å². The summed E-state index contributed by atoms with van der Waals surface area (Å²) in [7, 11) is 0. The van der Waals surface area contributed by atoms with Crippen molar-refractivity contribution >= 4 is 34.9 Å². The van der Waals surface area contributed by atoms with Crippen LogP contribution in [-0.4, -0.2) is 36.7 Å². The number of hydrogen-bond donors (Lipinski definition) is 1. The van der Waals surface area contributed by atoms with Crippen LogP contribution in [0.3, 0.4) is 0 Å². The van der Waals surface area contributed by atoms with E-state index in [4.69, 9.17) is 4.74 Å². The van der Waals surface area contributed by atoms with Crippen molar-refractivity contribution in [3.8, 4) is 0 Å². The monoisotopic (exact) mass is 398 g/mol. The SMILES string of the molecule is CC(=O)c1cccc(NC(=O)COC(=O)[C@H]2CC(=O)N(c3ccc(F)cc3)C2)c1. The van der Waals surface area contributed by atoms with Gasteiger partial charge in [0.1, 0.15) is 5.82 Å². The predicted octanol–water partition coefficient (Wildman–Crippen LogP) is 2.56. The standard InChI is InChI=1S/C21H19FN2O5/c1-13(25)14-3-2-4-17(9-14)23-19(26)12-29-21(28)15-10-20(27)24(11-15)18-7-5-16(22)6-8-18/h2-9,15H,10-12H2,1H3,(H,23,26)/t15-/m0/s1. The van der Waals surface area contributed by atoms with Crippen LogP contribution in [0.5, 0.6) is 0 Å². The fourth-order valence-corrected chi connectivity index (χ4v) is 3.00. The summed E-state index contributed by atoms with van der Waals surface area (Å²) in [5.74, 6) is -2.75. The van der Waals surface area contributed by atoms with Crippen molar-refractivity contribution in [2.24, 2.45) is 5.92 Å². The van der Waals surface area contributed by atoms with Gasteiger partial charge in [-0.25, -0.2) is 4.39 Å². The second kappa shape index (κ2) is 8.64. The van der Waals surface area contributed by atoms with Gasteiger partial charge < -0.3 is 15.0 Å². The lowest BCUT2D eigenvalue weighted by atomic mass is 10.1. The van der Waals surface area contributed by atoms with E-state index in [1.54, 1.807) is 18.2 Å². The molecule has 1 heterocycles. The van der Waals surface area contributed by atoms with Gasteiger partial charge in [-0.3, -0.25) is 19.2 Å². The molecule has 29 heavy (non-hydrogen) atoms. The van der Waals surface area contributed by atoms with Crippen LogP contribution < -0.4 is 10.2 Å². The third-order valence-corrected chi connectivity index (χ3v) is 4.50. The summed E-state index contributed by atoms with van der Waals surface area (Å²) in [6.45, 7) is 1.01. The van der Waals surface area contributed by atoms with Crippen molar-refractivity contribution in [2.45, 2.75) is 13.3 Å². The molecule has 150 valence electrons. The van der Waals surface area contributed by atoms with E-state index >= 15 is 0 Å². The highest BCUT2D eigenvalue weighted by molar-refractivity contribution is 6.00. The number of benzene rings is 2. The maximum absolute atomic E-state index is 13.0. The van der Waals surface area contributed by atoms with Crippen LogP contribution in [-0.2, 0) is 19.1 Å². The Bertz CT molecular complexity index is 958. The maximum atomic E-state index is 13.0. The molecule has 0 bridgehead atoms. The van der Waals surface area contributed by atoms with E-state index in [9.17, 15) is 23.6 Å². The molecule has 1 aliphatic heterocycles. The Morgan fingerprint density at radius 1 is 1.17 bits per heavy atom. The van der Waals surface area contributed by atoms with Gasteiger partial charge in [0.2, 0.25) is 5.91 Å². The quantitative estimate of drug-likeness (QED) is 0.596. The number of amides is 2. The first-order chi connectivity index (χ1) is 13.8. The normalized spacial score (nSPS) is 15.9. The average Bonchev–Trinajstić information content (AvgIpc) is 3.08. The van der Waals surface area contributed by atoms with Gasteiger partial charge in [0, 0.05) is 29.9 Å². The summed E-state index contributed by atoms with van der Waals surface area (Å²) in [6, 6.07) is 11.8. The number of nitrogens with one attached hydrogen (secondary N) is 1. The number of halogens is 1. The summed E-state index contributed by atoms with van der Waals surface area (Å²) in [5, 5.41) is 2.55. The number of ketones is 1. The summed E-state index contributed by atoms with van der Waals surface area (Å²) in [5.41, 5.74) is 1.36. The molecule has 2 aromatic rings. The highest BCUT2D eigenvalue weighted by Crippen LogP contribution is 2.26. The molecule has 2 amide bonds. The van der Waals surface area contributed by atoms with E-state index in [0.717, 1.165) is 0 Å². The molecule has 1 saturated heterocycles. The Kier molecular flexibility index (Phi) is 6.01. The van der Waals surface area contributed by atoms with E-state index in [-0.39, 0.29) is 24.7 Å². The lowest BCUT2D eigenvalue weighted by Crippen LogP contribution is -2.28. The molecule has 1 N–H and O–H groups in total. The van der Waals surface area contributed by atoms with E-state index < -0.39 is 30.2 Å². The van der Waals surface area contributed by atoms with Crippen LogP contribution in [0.4, 0.5) is 15.8 Å². The molecule has 0 saturated carbocycles. The van der Waals surface area contributed by atoms with Crippen LogP contribution >= 0.6 is 0 Å². The second-order valence-corrected chi connectivity index (χ2v) is 6.67. The van der Waals surface area contributed by atoms with Crippen molar-refractivity contribution in [3.63, 3.8) is 0 Å². The Labute approximate surface area is 166 Å².